The van der Waals surface area contributed by atoms with E-state index in [2.05, 4.69) is 41.0 Å². The molecule has 0 spiro atoms. The fraction of sp³-hybridized carbons (Fsp3) is 0.300. The number of anilines is 1. The van der Waals surface area contributed by atoms with E-state index < -0.39 is 5.69 Å². The number of hydrogen-bond acceptors (Lipinski definition) is 5. The zero-order valence-electron chi connectivity index (χ0n) is 21.6. The predicted octanol–water partition coefficient (Wildman–Crippen LogP) is 3.20. The van der Waals surface area contributed by atoms with E-state index in [0.717, 1.165) is 46.5 Å². The Bertz CT molecular complexity index is 1880. The van der Waals surface area contributed by atoms with E-state index in [4.69, 9.17) is 10.7 Å². The molecule has 0 saturated carbocycles. The van der Waals surface area contributed by atoms with Gasteiger partial charge in [-0.3, -0.25) is 18.5 Å². The molecular formula is C30H30N6O2. The molecule has 0 amide bonds. The molecule has 2 N–H and O–H groups in total. The number of hydrogen-bond donors (Lipinski definition) is 1. The molecular weight excluding hydrogens is 476 g/mol. The molecule has 1 atom stereocenters. The Morgan fingerprint density at radius 2 is 1.76 bits per heavy atom. The molecule has 38 heavy (non-hydrogen) atoms. The average molecular weight is 507 g/mol. The highest BCUT2D eigenvalue weighted by Crippen LogP contribution is 2.29. The Labute approximate surface area is 219 Å². The van der Waals surface area contributed by atoms with Gasteiger partial charge in [-0.2, -0.15) is 4.98 Å². The molecule has 192 valence electrons. The third-order valence-corrected chi connectivity index (χ3v) is 7.55. The van der Waals surface area contributed by atoms with Crippen molar-refractivity contribution in [3.63, 3.8) is 0 Å². The van der Waals surface area contributed by atoms with Crippen LogP contribution in [0.4, 0.5) is 5.95 Å². The van der Waals surface area contributed by atoms with Gasteiger partial charge in [-0.15, -0.1) is 5.92 Å². The summed E-state index contributed by atoms with van der Waals surface area (Å²) in [6.07, 6.45) is 1.90. The molecule has 0 bridgehead atoms. The zero-order valence-corrected chi connectivity index (χ0v) is 21.6. The van der Waals surface area contributed by atoms with E-state index in [0.29, 0.717) is 30.2 Å². The van der Waals surface area contributed by atoms with Gasteiger partial charge in [-0.1, -0.05) is 54.5 Å². The van der Waals surface area contributed by atoms with Crippen LogP contribution in [0, 0.1) is 11.8 Å². The Kier molecular flexibility index (Phi) is 6.01. The highest BCUT2D eigenvalue weighted by atomic mass is 16.2. The summed E-state index contributed by atoms with van der Waals surface area (Å²) in [5, 5.41) is 4.33. The van der Waals surface area contributed by atoms with Crippen molar-refractivity contribution >= 4 is 38.7 Å². The van der Waals surface area contributed by atoms with Gasteiger partial charge in [0.25, 0.3) is 5.56 Å². The van der Waals surface area contributed by atoms with E-state index in [1.165, 1.54) is 9.13 Å². The molecule has 1 aliphatic rings. The zero-order chi connectivity index (χ0) is 26.4. The van der Waals surface area contributed by atoms with Crippen LogP contribution in [0.5, 0.6) is 0 Å². The minimum absolute atomic E-state index is 0.0379. The third-order valence-electron chi connectivity index (χ3n) is 7.55. The Hall–Kier alpha value is -4.35. The summed E-state index contributed by atoms with van der Waals surface area (Å²) >= 11 is 0. The molecule has 3 heterocycles. The first-order valence-corrected chi connectivity index (χ1v) is 13.0. The van der Waals surface area contributed by atoms with Gasteiger partial charge in [0.1, 0.15) is 0 Å². The molecule has 0 aliphatic carbocycles. The van der Waals surface area contributed by atoms with E-state index in [9.17, 15) is 9.59 Å². The second kappa shape index (κ2) is 9.51. The Morgan fingerprint density at radius 1 is 1.03 bits per heavy atom. The number of nitrogens with zero attached hydrogens (tertiary/aromatic N) is 5. The Balaban J connectivity index is 1.58. The van der Waals surface area contributed by atoms with E-state index in [1.807, 2.05) is 34.9 Å². The summed E-state index contributed by atoms with van der Waals surface area (Å²) in [6, 6.07) is 18.4. The summed E-state index contributed by atoms with van der Waals surface area (Å²) in [4.78, 5) is 34.5. The van der Waals surface area contributed by atoms with Crippen LogP contribution >= 0.6 is 0 Å². The molecule has 8 nitrogen and oxygen atoms in total. The first-order valence-electron chi connectivity index (χ1n) is 13.0. The summed E-state index contributed by atoms with van der Waals surface area (Å²) < 4.78 is 4.64. The topological polar surface area (TPSA) is 91.1 Å². The average Bonchev–Trinajstić information content (AvgIpc) is 3.33. The summed E-state index contributed by atoms with van der Waals surface area (Å²) in [5.74, 6) is 6.65. The molecule has 5 aromatic rings. The van der Waals surface area contributed by atoms with Crippen LogP contribution < -0.4 is 21.9 Å². The van der Waals surface area contributed by atoms with Crippen molar-refractivity contribution in [2.45, 2.75) is 38.9 Å². The Morgan fingerprint density at radius 3 is 2.53 bits per heavy atom. The number of rotatable bonds is 4. The van der Waals surface area contributed by atoms with Crippen LogP contribution in [0.3, 0.4) is 0 Å². The molecule has 1 fully saturated rings. The maximum absolute atomic E-state index is 14.0. The second-order valence-corrected chi connectivity index (χ2v) is 9.98. The SMILES string of the molecule is CC#CCn1c(N2CCC[C@@H](N)C2)nc2c1c(=O)n(Cc1cc3ccccc3c3ccccc13)c(=O)n2C. The highest BCUT2D eigenvalue weighted by Gasteiger charge is 2.26. The number of benzene rings is 3. The molecule has 0 radical (unpaired) electrons. The van der Waals surface area contributed by atoms with Crippen LogP contribution in [0.1, 0.15) is 25.3 Å². The number of nitrogens with two attached hydrogens (primary N) is 1. The van der Waals surface area contributed by atoms with Gasteiger partial charge >= 0.3 is 5.69 Å². The molecule has 6 rings (SSSR count). The molecule has 1 aliphatic heterocycles. The van der Waals surface area contributed by atoms with Gasteiger partial charge in [0.2, 0.25) is 5.95 Å². The van der Waals surface area contributed by atoms with Crippen molar-refractivity contribution in [3.05, 3.63) is 81.0 Å². The fourth-order valence-corrected chi connectivity index (χ4v) is 5.67. The van der Waals surface area contributed by atoms with Crippen LogP contribution in [0.15, 0.2) is 64.2 Å². The lowest BCUT2D eigenvalue weighted by atomic mass is 9.97. The van der Waals surface area contributed by atoms with Gasteiger partial charge in [0.05, 0.1) is 13.1 Å². The minimum Gasteiger partial charge on any atom is -0.341 e. The van der Waals surface area contributed by atoms with Crippen molar-refractivity contribution in [3.8, 4) is 11.8 Å². The lowest BCUT2D eigenvalue weighted by molar-refractivity contribution is 0.496. The van der Waals surface area contributed by atoms with Crippen molar-refractivity contribution in [2.75, 3.05) is 18.0 Å². The van der Waals surface area contributed by atoms with E-state index in [-0.39, 0.29) is 18.1 Å². The smallest absolute Gasteiger partial charge is 0.332 e. The van der Waals surface area contributed by atoms with Crippen molar-refractivity contribution in [2.24, 2.45) is 12.8 Å². The maximum Gasteiger partial charge on any atom is 0.332 e. The number of imidazole rings is 1. The van der Waals surface area contributed by atoms with Gasteiger partial charge < -0.3 is 10.6 Å². The lowest BCUT2D eigenvalue weighted by Crippen LogP contribution is -2.44. The largest absolute Gasteiger partial charge is 0.341 e. The number of piperidine rings is 1. The van der Waals surface area contributed by atoms with Crippen molar-refractivity contribution in [1.29, 1.82) is 0 Å². The molecule has 1 saturated heterocycles. The van der Waals surface area contributed by atoms with Crippen LogP contribution in [0.25, 0.3) is 32.7 Å². The molecule has 0 unspecified atom stereocenters. The van der Waals surface area contributed by atoms with Gasteiger partial charge in [0, 0.05) is 26.2 Å². The number of fused-ring (bicyclic) bond motifs is 4. The second-order valence-electron chi connectivity index (χ2n) is 9.98. The lowest BCUT2D eigenvalue weighted by Gasteiger charge is -2.31. The number of aryl methyl sites for hydroxylation is 1. The van der Waals surface area contributed by atoms with Crippen LogP contribution in [-0.2, 0) is 20.1 Å². The van der Waals surface area contributed by atoms with Crippen LogP contribution in [0.2, 0.25) is 0 Å². The summed E-state index contributed by atoms with van der Waals surface area (Å²) in [6.45, 7) is 3.67. The predicted molar refractivity (Wildman–Crippen MR) is 153 cm³/mol. The van der Waals surface area contributed by atoms with Crippen molar-refractivity contribution < 1.29 is 0 Å². The number of aromatic nitrogens is 4. The minimum atomic E-state index is -0.395. The van der Waals surface area contributed by atoms with Gasteiger partial charge in [-0.05, 0) is 52.9 Å². The molecule has 8 heteroatoms. The first kappa shape index (κ1) is 24.0. The van der Waals surface area contributed by atoms with E-state index >= 15 is 0 Å². The quantitative estimate of drug-likeness (QED) is 0.299. The first-order chi connectivity index (χ1) is 18.5. The standard InChI is InChI=1S/C30H30N6O2/c1-3-4-16-35-26-27(32-29(35)34-15-9-11-22(31)19-34)33(2)30(38)36(28(26)37)18-21-17-20-10-5-6-12-23(20)25-14-8-7-13-24(21)25/h5-8,10,12-14,17,22H,9,11,15-16,18-19,31H2,1-2H3/t22-/m1/s1. The van der Waals surface area contributed by atoms with Crippen LogP contribution in [-0.4, -0.2) is 37.8 Å². The van der Waals surface area contributed by atoms with E-state index in [1.54, 1.807) is 14.0 Å². The maximum atomic E-state index is 14.0. The monoisotopic (exact) mass is 506 g/mol. The summed E-state index contributed by atoms with van der Waals surface area (Å²) in [5.41, 5.74) is 7.17. The third kappa shape index (κ3) is 3.87. The normalized spacial score (nSPS) is 15.8. The van der Waals surface area contributed by atoms with Gasteiger partial charge in [0.15, 0.2) is 11.2 Å². The molecule has 2 aromatic heterocycles. The summed E-state index contributed by atoms with van der Waals surface area (Å²) in [7, 11) is 1.67. The van der Waals surface area contributed by atoms with Crippen molar-refractivity contribution in [1.82, 2.24) is 18.7 Å². The fourth-order valence-electron chi connectivity index (χ4n) is 5.67. The highest BCUT2D eigenvalue weighted by molar-refractivity contribution is 6.08. The van der Waals surface area contributed by atoms with Gasteiger partial charge in [-0.25, -0.2) is 4.79 Å². The molecule has 3 aromatic carbocycles.